The highest BCUT2D eigenvalue weighted by atomic mass is 16.7. The van der Waals surface area contributed by atoms with Gasteiger partial charge in [-0.3, -0.25) is 4.79 Å². The van der Waals surface area contributed by atoms with E-state index in [1.165, 1.54) is 0 Å². The van der Waals surface area contributed by atoms with Crippen molar-refractivity contribution < 1.29 is 14.3 Å². The largest absolute Gasteiger partial charge is 0.454 e. The molecule has 0 saturated carbocycles. The molecule has 0 spiro atoms. The summed E-state index contributed by atoms with van der Waals surface area (Å²) in [4.78, 5) is 11.5. The van der Waals surface area contributed by atoms with Crippen molar-refractivity contribution in [2.75, 3.05) is 6.79 Å². The second-order valence-electron chi connectivity index (χ2n) is 3.96. The molecule has 0 radical (unpaired) electrons. The van der Waals surface area contributed by atoms with E-state index in [1.54, 1.807) is 0 Å². The summed E-state index contributed by atoms with van der Waals surface area (Å²) in [6.45, 7) is 0.242. The van der Waals surface area contributed by atoms with Gasteiger partial charge in [0, 0.05) is 0 Å². The van der Waals surface area contributed by atoms with Gasteiger partial charge in [0.15, 0.2) is 11.5 Å². The molecule has 0 fully saturated rings. The van der Waals surface area contributed by atoms with E-state index in [0.717, 1.165) is 11.3 Å². The smallest absolute Gasteiger partial charge is 0.251 e. The molecule has 1 atom stereocenters. The summed E-state index contributed by atoms with van der Waals surface area (Å²) in [5.41, 5.74) is 8.97. The van der Waals surface area contributed by atoms with Crippen molar-refractivity contribution in [2.45, 2.75) is 6.42 Å². The molecule has 3 rings (SSSR count). The Kier molecular flexibility index (Phi) is 2.14. The van der Waals surface area contributed by atoms with Crippen LogP contribution in [0, 0.1) is 5.92 Å². The number of hydrogen-bond donors (Lipinski definition) is 2. The lowest BCUT2D eigenvalue weighted by Gasteiger charge is -2.08. The van der Waals surface area contributed by atoms with Crippen LogP contribution in [-0.2, 0) is 11.2 Å². The van der Waals surface area contributed by atoms with E-state index < -0.39 is 5.92 Å². The summed E-state index contributed by atoms with van der Waals surface area (Å²) in [6, 6.07) is 5.59. The number of fused-ring (bicyclic) bond motifs is 1. The zero-order valence-electron chi connectivity index (χ0n) is 8.97. The predicted octanol–water partition coefficient (Wildman–Crippen LogP) is -0.0240. The minimum atomic E-state index is -0.393. The molecule has 2 heterocycles. The van der Waals surface area contributed by atoms with E-state index in [-0.39, 0.29) is 12.7 Å². The number of rotatable bonds is 2. The fraction of sp³-hybridized carbons (Fsp3) is 0.273. The van der Waals surface area contributed by atoms with Gasteiger partial charge in [-0.15, -0.1) is 0 Å². The van der Waals surface area contributed by atoms with Gasteiger partial charge >= 0.3 is 0 Å². The van der Waals surface area contributed by atoms with E-state index in [4.69, 9.17) is 15.2 Å². The maximum atomic E-state index is 11.5. The predicted molar refractivity (Wildman–Crippen MR) is 59.5 cm³/mol. The molecule has 1 aromatic rings. The van der Waals surface area contributed by atoms with Gasteiger partial charge in [0.25, 0.3) is 5.91 Å². The van der Waals surface area contributed by atoms with Crippen LogP contribution >= 0.6 is 0 Å². The molecule has 17 heavy (non-hydrogen) atoms. The van der Waals surface area contributed by atoms with Gasteiger partial charge in [-0.25, -0.2) is 5.43 Å². The van der Waals surface area contributed by atoms with Crippen molar-refractivity contribution in [3.63, 3.8) is 0 Å². The van der Waals surface area contributed by atoms with Gasteiger partial charge in [0.05, 0.1) is 0 Å². The first-order valence-corrected chi connectivity index (χ1v) is 5.25. The zero-order chi connectivity index (χ0) is 11.8. The van der Waals surface area contributed by atoms with Gasteiger partial charge in [-0.1, -0.05) is 6.07 Å². The minimum Gasteiger partial charge on any atom is -0.454 e. The van der Waals surface area contributed by atoms with Crippen LogP contribution in [-0.4, -0.2) is 18.5 Å². The Morgan fingerprint density at radius 1 is 1.41 bits per heavy atom. The molecule has 0 aliphatic carbocycles. The number of carbonyl (C=O) groups is 1. The third-order valence-electron chi connectivity index (χ3n) is 2.85. The van der Waals surface area contributed by atoms with Crippen LogP contribution in [0.5, 0.6) is 11.5 Å². The quantitative estimate of drug-likeness (QED) is 0.751. The molecular formula is C11H11N3O3. The second-order valence-corrected chi connectivity index (χ2v) is 3.96. The van der Waals surface area contributed by atoms with Crippen molar-refractivity contribution in [3.8, 4) is 11.5 Å². The maximum Gasteiger partial charge on any atom is 0.251 e. The first-order chi connectivity index (χ1) is 8.24. The van der Waals surface area contributed by atoms with Crippen molar-refractivity contribution in [1.29, 1.82) is 0 Å². The summed E-state index contributed by atoms with van der Waals surface area (Å²) < 4.78 is 10.5. The number of nitrogens with one attached hydrogen (secondary N) is 1. The highest BCUT2D eigenvalue weighted by Crippen LogP contribution is 2.33. The van der Waals surface area contributed by atoms with Crippen LogP contribution in [0.2, 0.25) is 0 Å². The molecule has 0 saturated heterocycles. The molecule has 0 bridgehead atoms. The molecule has 6 heteroatoms. The Morgan fingerprint density at radius 2 is 2.24 bits per heavy atom. The molecule has 1 aromatic carbocycles. The summed E-state index contributed by atoms with van der Waals surface area (Å²) >= 11 is 0. The highest BCUT2D eigenvalue weighted by Gasteiger charge is 2.28. The van der Waals surface area contributed by atoms with Crippen LogP contribution in [0.25, 0.3) is 0 Å². The molecule has 2 aliphatic heterocycles. The van der Waals surface area contributed by atoms with Crippen LogP contribution in [0.1, 0.15) is 5.56 Å². The molecule has 1 amide bonds. The highest BCUT2D eigenvalue weighted by molar-refractivity contribution is 6.06. The summed E-state index contributed by atoms with van der Waals surface area (Å²) in [5, 5.41) is 3.71. The standard InChI is InChI=1S/C11H11N3O3/c12-10-7(11(15)14-13-10)3-6-1-2-8-9(4-6)17-5-16-8/h1-2,4,7H,3,5H2,(H2,12,13)(H,14,15). The number of nitrogens with two attached hydrogens (primary N) is 1. The molecule has 88 valence electrons. The Labute approximate surface area is 97.4 Å². The van der Waals surface area contributed by atoms with Gasteiger partial charge in [0.1, 0.15) is 11.8 Å². The lowest BCUT2D eigenvalue weighted by molar-refractivity contribution is -0.122. The Morgan fingerprint density at radius 3 is 3.00 bits per heavy atom. The number of hydrazone groups is 1. The van der Waals surface area contributed by atoms with Crippen LogP contribution in [0.4, 0.5) is 0 Å². The number of benzene rings is 1. The molecule has 6 nitrogen and oxygen atoms in total. The van der Waals surface area contributed by atoms with E-state index in [0.29, 0.717) is 18.0 Å². The molecular weight excluding hydrogens is 222 g/mol. The minimum absolute atomic E-state index is 0.167. The van der Waals surface area contributed by atoms with E-state index in [1.807, 2.05) is 18.2 Å². The lowest BCUT2D eigenvalue weighted by Crippen LogP contribution is -2.29. The fourth-order valence-electron chi connectivity index (χ4n) is 1.91. The first-order valence-electron chi connectivity index (χ1n) is 5.25. The van der Waals surface area contributed by atoms with Gasteiger partial charge in [-0.05, 0) is 24.1 Å². The molecule has 0 aromatic heterocycles. The fourth-order valence-corrected chi connectivity index (χ4v) is 1.91. The van der Waals surface area contributed by atoms with Gasteiger partial charge in [-0.2, -0.15) is 5.10 Å². The second kappa shape index (κ2) is 3.65. The zero-order valence-corrected chi connectivity index (χ0v) is 8.97. The number of ether oxygens (including phenoxy) is 2. The third kappa shape index (κ3) is 1.67. The Bertz CT molecular complexity index is 513. The van der Waals surface area contributed by atoms with E-state index in [2.05, 4.69) is 10.5 Å². The van der Waals surface area contributed by atoms with Gasteiger partial charge < -0.3 is 15.2 Å². The first kappa shape index (κ1) is 9.95. The van der Waals surface area contributed by atoms with Crippen molar-refractivity contribution in [2.24, 2.45) is 16.8 Å². The summed E-state index contributed by atoms with van der Waals surface area (Å²) in [6.07, 6.45) is 0.512. The monoisotopic (exact) mass is 233 g/mol. The molecule has 2 aliphatic rings. The van der Waals surface area contributed by atoms with Gasteiger partial charge in [0.2, 0.25) is 6.79 Å². The van der Waals surface area contributed by atoms with E-state index in [9.17, 15) is 4.79 Å². The summed E-state index contributed by atoms with van der Waals surface area (Å²) in [7, 11) is 0. The third-order valence-corrected chi connectivity index (χ3v) is 2.85. The van der Waals surface area contributed by atoms with Crippen molar-refractivity contribution >= 4 is 11.7 Å². The topological polar surface area (TPSA) is 85.9 Å². The van der Waals surface area contributed by atoms with Crippen molar-refractivity contribution in [1.82, 2.24) is 5.43 Å². The Balaban J connectivity index is 1.82. The van der Waals surface area contributed by atoms with Crippen LogP contribution < -0.4 is 20.6 Å². The average molecular weight is 233 g/mol. The number of carbonyl (C=O) groups excluding carboxylic acids is 1. The number of hydrogen-bond acceptors (Lipinski definition) is 5. The SMILES string of the molecule is NC1=NNC(=O)C1Cc1ccc2c(c1)OCO2. The van der Waals surface area contributed by atoms with Crippen LogP contribution in [0.15, 0.2) is 23.3 Å². The Hall–Kier alpha value is -2.24. The normalized spacial score (nSPS) is 21.3. The molecule has 3 N–H and O–H groups in total. The number of amides is 1. The number of nitrogens with zero attached hydrogens (tertiary/aromatic N) is 1. The summed E-state index contributed by atoms with van der Waals surface area (Å²) in [5.74, 6) is 1.20. The maximum absolute atomic E-state index is 11.5. The lowest BCUT2D eigenvalue weighted by atomic mass is 9.98. The number of amidine groups is 1. The average Bonchev–Trinajstić information content (AvgIpc) is 2.90. The molecule has 1 unspecified atom stereocenters. The van der Waals surface area contributed by atoms with Crippen molar-refractivity contribution in [3.05, 3.63) is 23.8 Å². The van der Waals surface area contributed by atoms with E-state index >= 15 is 0 Å². The van der Waals surface area contributed by atoms with Crippen LogP contribution in [0.3, 0.4) is 0 Å².